The Morgan fingerprint density at radius 1 is 1.32 bits per heavy atom. The zero-order chi connectivity index (χ0) is 16.1. The average Bonchev–Trinajstić information content (AvgIpc) is 2.87. The minimum absolute atomic E-state index is 0.0859. The molecule has 0 fully saturated rings. The van der Waals surface area contributed by atoms with Gasteiger partial charge in [-0.25, -0.2) is 4.98 Å². The van der Waals surface area contributed by atoms with Crippen molar-refractivity contribution < 1.29 is 4.79 Å². The second-order valence-electron chi connectivity index (χ2n) is 5.16. The van der Waals surface area contributed by atoms with Crippen molar-refractivity contribution in [2.24, 2.45) is 0 Å². The SMILES string of the molecule is CCNc1nc(C)c(C(=O)N[C@H](CC)c2ccc(C)cn2)s1. The Morgan fingerprint density at radius 3 is 2.68 bits per heavy atom. The fourth-order valence-electron chi connectivity index (χ4n) is 2.13. The maximum absolute atomic E-state index is 12.5. The molecule has 6 heteroatoms. The zero-order valence-electron chi connectivity index (χ0n) is 13.4. The summed E-state index contributed by atoms with van der Waals surface area (Å²) in [6, 6.07) is 3.89. The lowest BCUT2D eigenvalue weighted by Crippen LogP contribution is -2.28. The van der Waals surface area contributed by atoms with Gasteiger partial charge < -0.3 is 10.6 Å². The van der Waals surface area contributed by atoms with E-state index in [9.17, 15) is 4.79 Å². The summed E-state index contributed by atoms with van der Waals surface area (Å²) in [6.07, 6.45) is 2.62. The lowest BCUT2D eigenvalue weighted by atomic mass is 10.1. The van der Waals surface area contributed by atoms with E-state index in [-0.39, 0.29) is 11.9 Å². The predicted molar refractivity (Wildman–Crippen MR) is 90.5 cm³/mol. The lowest BCUT2D eigenvalue weighted by Gasteiger charge is -2.16. The Labute approximate surface area is 135 Å². The van der Waals surface area contributed by atoms with Crippen LogP contribution in [0.4, 0.5) is 5.13 Å². The Hall–Kier alpha value is -1.95. The number of carbonyl (C=O) groups is 1. The van der Waals surface area contributed by atoms with Crippen LogP contribution in [0, 0.1) is 13.8 Å². The first kappa shape index (κ1) is 16.4. The normalized spacial score (nSPS) is 12.0. The Bertz CT molecular complexity index is 636. The molecule has 0 radical (unpaired) electrons. The van der Waals surface area contributed by atoms with E-state index >= 15 is 0 Å². The Morgan fingerprint density at radius 2 is 2.09 bits per heavy atom. The van der Waals surface area contributed by atoms with Gasteiger partial charge in [0.05, 0.1) is 17.4 Å². The van der Waals surface area contributed by atoms with Crippen LogP contribution in [0.3, 0.4) is 0 Å². The number of rotatable bonds is 6. The standard InChI is InChI=1S/C16H22N4OS/c1-5-12(13-8-7-10(3)9-18-13)20-15(21)14-11(4)19-16(22-14)17-6-2/h7-9,12H,5-6H2,1-4H3,(H,17,19)(H,20,21)/t12-/m1/s1. The molecule has 22 heavy (non-hydrogen) atoms. The molecule has 0 unspecified atom stereocenters. The third-order valence-electron chi connectivity index (χ3n) is 3.34. The van der Waals surface area contributed by atoms with Crippen LogP contribution in [0.5, 0.6) is 0 Å². The van der Waals surface area contributed by atoms with Crippen molar-refractivity contribution in [3.05, 3.63) is 40.2 Å². The van der Waals surface area contributed by atoms with Gasteiger partial charge in [-0.2, -0.15) is 0 Å². The second kappa shape index (κ2) is 7.35. The molecule has 5 nitrogen and oxygen atoms in total. The number of hydrogen-bond donors (Lipinski definition) is 2. The van der Waals surface area contributed by atoms with E-state index in [1.165, 1.54) is 11.3 Å². The van der Waals surface area contributed by atoms with E-state index in [0.717, 1.165) is 35.0 Å². The molecule has 0 spiro atoms. The monoisotopic (exact) mass is 318 g/mol. The average molecular weight is 318 g/mol. The highest BCUT2D eigenvalue weighted by Gasteiger charge is 2.19. The van der Waals surface area contributed by atoms with Crippen LogP contribution < -0.4 is 10.6 Å². The summed E-state index contributed by atoms with van der Waals surface area (Å²) in [5.74, 6) is -0.0895. The fourth-order valence-corrected chi connectivity index (χ4v) is 3.07. The van der Waals surface area contributed by atoms with E-state index in [0.29, 0.717) is 4.88 Å². The van der Waals surface area contributed by atoms with E-state index in [1.807, 2.05) is 46.0 Å². The number of thiazole rings is 1. The number of nitrogens with one attached hydrogen (secondary N) is 2. The van der Waals surface area contributed by atoms with Gasteiger partial charge in [-0.3, -0.25) is 9.78 Å². The van der Waals surface area contributed by atoms with E-state index < -0.39 is 0 Å². The van der Waals surface area contributed by atoms with Crippen molar-refractivity contribution in [1.29, 1.82) is 0 Å². The summed E-state index contributed by atoms with van der Waals surface area (Å²) in [5.41, 5.74) is 2.75. The molecular formula is C16H22N4OS. The van der Waals surface area contributed by atoms with Gasteiger partial charge in [0, 0.05) is 12.7 Å². The highest BCUT2D eigenvalue weighted by molar-refractivity contribution is 7.17. The molecule has 0 aliphatic carbocycles. The van der Waals surface area contributed by atoms with Crippen molar-refractivity contribution >= 4 is 22.4 Å². The first-order valence-corrected chi connectivity index (χ1v) is 8.31. The zero-order valence-corrected chi connectivity index (χ0v) is 14.3. The molecule has 0 aliphatic rings. The molecule has 2 N–H and O–H groups in total. The minimum atomic E-state index is -0.0895. The van der Waals surface area contributed by atoms with Crippen LogP contribution in [-0.4, -0.2) is 22.4 Å². The molecule has 0 aliphatic heterocycles. The second-order valence-corrected chi connectivity index (χ2v) is 6.16. The number of aromatic nitrogens is 2. The summed E-state index contributed by atoms with van der Waals surface area (Å²) in [6.45, 7) is 8.69. The van der Waals surface area contributed by atoms with Crippen molar-refractivity contribution in [2.45, 2.75) is 40.2 Å². The third kappa shape index (κ3) is 3.82. The number of nitrogens with zero attached hydrogens (tertiary/aromatic N) is 2. The number of carbonyl (C=O) groups excluding carboxylic acids is 1. The lowest BCUT2D eigenvalue weighted by molar-refractivity contribution is 0.0938. The Kier molecular flexibility index (Phi) is 5.49. The first-order valence-electron chi connectivity index (χ1n) is 7.49. The molecule has 0 bridgehead atoms. The van der Waals surface area contributed by atoms with Gasteiger partial charge in [-0.15, -0.1) is 0 Å². The van der Waals surface area contributed by atoms with Crippen LogP contribution in [0.15, 0.2) is 18.3 Å². The predicted octanol–water partition coefficient (Wildman–Crippen LogP) is 3.47. The van der Waals surface area contributed by atoms with Gasteiger partial charge >= 0.3 is 0 Å². The summed E-state index contributed by atoms with van der Waals surface area (Å²) in [5, 5.41) is 6.98. The van der Waals surface area contributed by atoms with Gasteiger partial charge in [0.2, 0.25) is 0 Å². The van der Waals surface area contributed by atoms with Gasteiger partial charge in [0.25, 0.3) is 5.91 Å². The van der Waals surface area contributed by atoms with E-state index in [1.54, 1.807) is 0 Å². The summed E-state index contributed by atoms with van der Waals surface area (Å²) < 4.78 is 0. The van der Waals surface area contributed by atoms with Crippen molar-refractivity contribution in [3.63, 3.8) is 0 Å². The fraction of sp³-hybridized carbons (Fsp3) is 0.438. The summed E-state index contributed by atoms with van der Waals surface area (Å²) in [7, 11) is 0. The summed E-state index contributed by atoms with van der Waals surface area (Å²) in [4.78, 5) is 21.9. The topological polar surface area (TPSA) is 66.9 Å². The molecule has 2 aromatic heterocycles. The van der Waals surface area contributed by atoms with Crippen LogP contribution in [0.1, 0.15) is 52.9 Å². The first-order chi connectivity index (χ1) is 10.5. The van der Waals surface area contributed by atoms with E-state index in [2.05, 4.69) is 20.6 Å². The highest BCUT2D eigenvalue weighted by atomic mass is 32.1. The molecular weight excluding hydrogens is 296 g/mol. The van der Waals surface area contributed by atoms with Gasteiger partial charge in [-0.05, 0) is 38.8 Å². The van der Waals surface area contributed by atoms with Gasteiger partial charge in [-0.1, -0.05) is 24.3 Å². The Balaban J connectivity index is 2.13. The van der Waals surface area contributed by atoms with Gasteiger partial charge in [0.15, 0.2) is 5.13 Å². The van der Waals surface area contributed by atoms with Crippen LogP contribution >= 0.6 is 11.3 Å². The number of hydrogen-bond acceptors (Lipinski definition) is 5. The molecule has 0 aromatic carbocycles. The molecule has 0 saturated heterocycles. The van der Waals surface area contributed by atoms with Crippen molar-refractivity contribution in [2.75, 3.05) is 11.9 Å². The summed E-state index contributed by atoms with van der Waals surface area (Å²) >= 11 is 1.39. The largest absolute Gasteiger partial charge is 0.362 e. The molecule has 0 saturated carbocycles. The number of anilines is 1. The quantitative estimate of drug-likeness (QED) is 0.856. The molecule has 2 heterocycles. The minimum Gasteiger partial charge on any atom is -0.362 e. The smallest absolute Gasteiger partial charge is 0.263 e. The van der Waals surface area contributed by atoms with Gasteiger partial charge in [0.1, 0.15) is 4.88 Å². The molecule has 118 valence electrons. The van der Waals surface area contributed by atoms with Crippen molar-refractivity contribution in [3.8, 4) is 0 Å². The van der Waals surface area contributed by atoms with E-state index in [4.69, 9.17) is 0 Å². The van der Waals surface area contributed by atoms with Crippen LogP contribution in [-0.2, 0) is 0 Å². The van der Waals surface area contributed by atoms with Crippen LogP contribution in [0.2, 0.25) is 0 Å². The molecule has 2 rings (SSSR count). The van der Waals surface area contributed by atoms with Crippen LogP contribution in [0.25, 0.3) is 0 Å². The number of aryl methyl sites for hydroxylation is 2. The van der Waals surface area contributed by atoms with Crippen molar-refractivity contribution in [1.82, 2.24) is 15.3 Å². The maximum Gasteiger partial charge on any atom is 0.263 e. The molecule has 1 atom stereocenters. The third-order valence-corrected chi connectivity index (χ3v) is 4.45. The highest BCUT2D eigenvalue weighted by Crippen LogP contribution is 2.24. The number of amides is 1. The number of pyridine rings is 1. The molecule has 2 aromatic rings. The molecule has 1 amide bonds. The maximum atomic E-state index is 12.5.